The van der Waals surface area contributed by atoms with E-state index < -0.39 is 0 Å². The van der Waals surface area contributed by atoms with E-state index in [1.807, 2.05) is 12.1 Å². The maximum Gasteiger partial charge on any atom is 0.137 e. The van der Waals surface area contributed by atoms with Crippen LogP contribution in [0.25, 0.3) is 0 Å². The van der Waals surface area contributed by atoms with E-state index in [0.29, 0.717) is 13.2 Å². The van der Waals surface area contributed by atoms with Crippen LogP contribution >= 0.6 is 15.9 Å². The van der Waals surface area contributed by atoms with E-state index in [1.54, 1.807) is 6.20 Å². The zero-order chi connectivity index (χ0) is 9.52. The molecule has 1 aromatic rings. The van der Waals surface area contributed by atoms with Crippen LogP contribution in [-0.4, -0.2) is 18.2 Å². The van der Waals surface area contributed by atoms with Gasteiger partial charge in [0, 0.05) is 6.42 Å². The van der Waals surface area contributed by atoms with Crippen LogP contribution in [0, 0.1) is 0 Å². The third-order valence-electron chi connectivity index (χ3n) is 1.38. The summed E-state index contributed by atoms with van der Waals surface area (Å²) in [7, 11) is 0. The molecule has 4 nitrogen and oxygen atoms in total. The standard InChI is InChI=1S/C8H11BrN2O2/c9-8-3-2-7(6-11-8)12-4-1-5-13-10/h2-3,6H,1,4-5,10H2. The molecule has 0 aromatic carbocycles. The number of nitrogens with two attached hydrogens (primary N) is 1. The molecule has 1 rings (SSSR count). The molecule has 0 aliphatic heterocycles. The lowest BCUT2D eigenvalue weighted by atomic mass is 10.4. The molecule has 0 bridgehead atoms. The Morgan fingerprint density at radius 3 is 2.85 bits per heavy atom. The van der Waals surface area contributed by atoms with Crippen molar-refractivity contribution in [2.24, 2.45) is 5.90 Å². The number of halogens is 1. The number of ether oxygens (including phenoxy) is 1. The quantitative estimate of drug-likeness (QED) is 0.486. The van der Waals surface area contributed by atoms with Crippen molar-refractivity contribution in [2.45, 2.75) is 6.42 Å². The van der Waals surface area contributed by atoms with Crippen LogP contribution in [-0.2, 0) is 4.84 Å². The third-order valence-corrected chi connectivity index (χ3v) is 1.84. The minimum Gasteiger partial charge on any atom is -0.492 e. The molecule has 5 heteroatoms. The Kier molecular flexibility index (Phi) is 4.74. The van der Waals surface area contributed by atoms with Crippen LogP contribution in [0.15, 0.2) is 22.9 Å². The van der Waals surface area contributed by atoms with Crippen LogP contribution in [0.1, 0.15) is 6.42 Å². The fraction of sp³-hybridized carbons (Fsp3) is 0.375. The summed E-state index contributed by atoms with van der Waals surface area (Å²) in [5.74, 6) is 5.60. The summed E-state index contributed by atoms with van der Waals surface area (Å²) < 4.78 is 6.14. The van der Waals surface area contributed by atoms with Crippen LogP contribution in [0.3, 0.4) is 0 Å². The van der Waals surface area contributed by atoms with E-state index in [9.17, 15) is 0 Å². The monoisotopic (exact) mass is 246 g/mol. The number of rotatable bonds is 5. The lowest BCUT2D eigenvalue weighted by molar-refractivity contribution is 0.122. The van der Waals surface area contributed by atoms with Gasteiger partial charge in [-0.2, -0.15) is 0 Å². The first-order valence-electron chi connectivity index (χ1n) is 3.89. The van der Waals surface area contributed by atoms with Crippen LogP contribution in [0.4, 0.5) is 0 Å². The van der Waals surface area contributed by atoms with Crippen molar-refractivity contribution in [3.63, 3.8) is 0 Å². The van der Waals surface area contributed by atoms with E-state index >= 15 is 0 Å². The second-order valence-electron chi connectivity index (χ2n) is 2.39. The van der Waals surface area contributed by atoms with Gasteiger partial charge in [-0.25, -0.2) is 10.9 Å². The van der Waals surface area contributed by atoms with Crippen molar-refractivity contribution in [3.8, 4) is 5.75 Å². The summed E-state index contributed by atoms with van der Waals surface area (Å²) in [6.45, 7) is 1.09. The first kappa shape index (κ1) is 10.4. The van der Waals surface area contributed by atoms with Crippen LogP contribution in [0.5, 0.6) is 5.75 Å². The third kappa shape index (κ3) is 4.21. The largest absolute Gasteiger partial charge is 0.492 e. The Morgan fingerprint density at radius 1 is 1.38 bits per heavy atom. The Hall–Kier alpha value is -0.650. The van der Waals surface area contributed by atoms with Gasteiger partial charge in [0.1, 0.15) is 10.4 Å². The molecule has 0 fully saturated rings. The summed E-state index contributed by atoms with van der Waals surface area (Å²) in [6, 6.07) is 3.68. The molecular weight excluding hydrogens is 236 g/mol. The van der Waals surface area contributed by atoms with E-state index in [2.05, 4.69) is 25.8 Å². The normalized spacial score (nSPS) is 10.0. The van der Waals surface area contributed by atoms with Crippen LogP contribution < -0.4 is 10.6 Å². The van der Waals surface area contributed by atoms with Gasteiger partial charge in [-0.15, -0.1) is 0 Å². The zero-order valence-corrected chi connectivity index (χ0v) is 8.66. The highest BCUT2D eigenvalue weighted by molar-refractivity contribution is 9.10. The molecule has 0 saturated heterocycles. The van der Waals surface area contributed by atoms with E-state index in [1.165, 1.54) is 0 Å². The second-order valence-corrected chi connectivity index (χ2v) is 3.20. The van der Waals surface area contributed by atoms with Gasteiger partial charge in [-0.1, -0.05) is 0 Å². The summed E-state index contributed by atoms with van der Waals surface area (Å²) in [6.07, 6.45) is 2.43. The number of hydrogen-bond donors (Lipinski definition) is 1. The molecule has 1 aromatic heterocycles. The Labute approximate surface area is 85.1 Å². The number of aromatic nitrogens is 1. The van der Waals surface area contributed by atoms with Gasteiger partial charge < -0.3 is 9.57 Å². The summed E-state index contributed by atoms with van der Waals surface area (Å²) in [5.41, 5.74) is 0. The first-order chi connectivity index (χ1) is 6.33. The van der Waals surface area contributed by atoms with Crippen molar-refractivity contribution in [3.05, 3.63) is 22.9 Å². The molecule has 0 atom stereocenters. The zero-order valence-electron chi connectivity index (χ0n) is 7.07. The molecule has 0 spiro atoms. The molecule has 1 heterocycles. The van der Waals surface area contributed by atoms with Crippen molar-refractivity contribution in [1.29, 1.82) is 0 Å². The summed E-state index contributed by atoms with van der Waals surface area (Å²) in [4.78, 5) is 8.41. The molecule has 2 N–H and O–H groups in total. The van der Waals surface area contributed by atoms with Gasteiger partial charge in [0.2, 0.25) is 0 Å². The molecule has 0 saturated carbocycles. The van der Waals surface area contributed by atoms with Gasteiger partial charge in [-0.3, -0.25) is 0 Å². The van der Waals surface area contributed by atoms with Crippen LogP contribution in [0.2, 0.25) is 0 Å². The Balaban J connectivity index is 2.25. The Bertz CT molecular complexity index is 240. The second kappa shape index (κ2) is 5.90. The molecule has 0 amide bonds. The highest BCUT2D eigenvalue weighted by Gasteiger charge is 1.93. The number of pyridine rings is 1. The number of nitrogens with zero attached hydrogens (tertiary/aromatic N) is 1. The van der Waals surface area contributed by atoms with Crippen molar-refractivity contribution < 1.29 is 9.57 Å². The molecular formula is C8H11BrN2O2. The van der Waals surface area contributed by atoms with Gasteiger partial charge in [-0.05, 0) is 28.1 Å². The minimum absolute atomic E-state index is 0.504. The van der Waals surface area contributed by atoms with E-state index in [4.69, 9.17) is 10.6 Å². The molecule has 0 radical (unpaired) electrons. The molecule has 0 aliphatic rings. The van der Waals surface area contributed by atoms with Crippen molar-refractivity contribution >= 4 is 15.9 Å². The van der Waals surface area contributed by atoms with Crippen molar-refractivity contribution in [1.82, 2.24) is 4.98 Å². The predicted octanol–water partition coefficient (Wildman–Crippen LogP) is 1.50. The van der Waals surface area contributed by atoms with Gasteiger partial charge >= 0.3 is 0 Å². The predicted molar refractivity (Wildman–Crippen MR) is 52.2 cm³/mol. The fourth-order valence-electron chi connectivity index (χ4n) is 0.780. The smallest absolute Gasteiger partial charge is 0.137 e. The van der Waals surface area contributed by atoms with E-state index in [0.717, 1.165) is 16.8 Å². The lowest BCUT2D eigenvalue weighted by Crippen LogP contribution is -2.06. The highest BCUT2D eigenvalue weighted by atomic mass is 79.9. The van der Waals surface area contributed by atoms with E-state index in [-0.39, 0.29) is 0 Å². The molecule has 0 aliphatic carbocycles. The maximum atomic E-state index is 5.34. The highest BCUT2D eigenvalue weighted by Crippen LogP contribution is 2.12. The van der Waals surface area contributed by atoms with Gasteiger partial charge in [0.15, 0.2) is 0 Å². The summed E-state index contributed by atoms with van der Waals surface area (Å²) in [5, 5.41) is 0. The Morgan fingerprint density at radius 2 is 2.23 bits per heavy atom. The molecule has 72 valence electrons. The maximum absolute atomic E-state index is 5.34. The molecule has 13 heavy (non-hydrogen) atoms. The fourth-order valence-corrected chi connectivity index (χ4v) is 1.01. The average molecular weight is 247 g/mol. The topological polar surface area (TPSA) is 57.4 Å². The lowest BCUT2D eigenvalue weighted by Gasteiger charge is -2.04. The van der Waals surface area contributed by atoms with Crippen molar-refractivity contribution in [2.75, 3.05) is 13.2 Å². The summed E-state index contributed by atoms with van der Waals surface area (Å²) >= 11 is 3.24. The average Bonchev–Trinajstić information content (AvgIpc) is 2.15. The SMILES string of the molecule is NOCCCOc1ccc(Br)nc1. The molecule has 0 unspecified atom stereocenters. The minimum atomic E-state index is 0.504. The van der Waals surface area contributed by atoms with Gasteiger partial charge in [0.05, 0.1) is 19.4 Å². The number of hydrogen-bond acceptors (Lipinski definition) is 4. The first-order valence-corrected chi connectivity index (χ1v) is 4.68. The van der Waals surface area contributed by atoms with Gasteiger partial charge in [0.25, 0.3) is 0 Å².